The number of fused-ring (bicyclic) bond motifs is 1. The summed E-state index contributed by atoms with van der Waals surface area (Å²) < 4.78 is 1.75. The quantitative estimate of drug-likeness (QED) is 0.635. The molecule has 1 atom stereocenters. The van der Waals surface area contributed by atoms with Crippen molar-refractivity contribution < 1.29 is 4.79 Å². The van der Waals surface area contributed by atoms with Crippen LogP contribution < -0.4 is 5.32 Å². The summed E-state index contributed by atoms with van der Waals surface area (Å²) in [7, 11) is 0. The highest BCUT2D eigenvalue weighted by atomic mass is 35.5. The van der Waals surface area contributed by atoms with Crippen LogP contribution in [0.1, 0.15) is 42.9 Å². The van der Waals surface area contributed by atoms with E-state index in [0.717, 1.165) is 36.5 Å². The van der Waals surface area contributed by atoms with Gasteiger partial charge >= 0.3 is 0 Å². The van der Waals surface area contributed by atoms with Crippen molar-refractivity contribution in [2.45, 2.75) is 38.5 Å². The number of halogens is 1. The SMILES string of the molecule is C=C(C)C(=O)Nc1ccc(CCCc2nnc3n2N=C(C)C3Cl)cc1. The molecule has 0 saturated heterocycles. The standard InChI is InChI=1S/C18H20ClN5O/c1-11(2)18(25)20-14-9-7-13(8-10-14)5-4-6-15-21-22-17-16(19)12(3)23-24(15)17/h7-10,16H,1,4-6H2,2-3H3,(H,20,25). The zero-order chi connectivity index (χ0) is 18.0. The Bertz CT molecular complexity index is 838. The van der Waals surface area contributed by atoms with Crippen molar-refractivity contribution in [3.05, 3.63) is 53.6 Å². The van der Waals surface area contributed by atoms with Crippen molar-refractivity contribution in [3.63, 3.8) is 0 Å². The number of benzene rings is 1. The second kappa shape index (κ2) is 7.19. The topological polar surface area (TPSA) is 72.2 Å². The van der Waals surface area contributed by atoms with Gasteiger partial charge in [0.25, 0.3) is 5.91 Å². The molecule has 1 aliphatic heterocycles. The van der Waals surface area contributed by atoms with Crippen molar-refractivity contribution in [1.82, 2.24) is 14.9 Å². The highest BCUT2D eigenvalue weighted by molar-refractivity contribution is 6.31. The number of aryl methyl sites for hydroxylation is 2. The molecule has 6 nitrogen and oxygen atoms in total. The molecule has 1 aliphatic rings. The first kappa shape index (κ1) is 17.4. The van der Waals surface area contributed by atoms with E-state index >= 15 is 0 Å². The molecular weight excluding hydrogens is 338 g/mol. The Balaban J connectivity index is 1.54. The van der Waals surface area contributed by atoms with Gasteiger partial charge in [-0.2, -0.15) is 9.78 Å². The van der Waals surface area contributed by atoms with Crippen molar-refractivity contribution in [2.75, 3.05) is 5.32 Å². The minimum atomic E-state index is -0.275. The minimum Gasteiger partial charge on any atom is -0.322 e. The van der Waals surface area contributed by atoms with Gasteiger partial charge in [-0.05, 0) is 44.4 Å². The van der Waals surface area contributed by atoms with Gasteiger partial charge in [0.05, 0.1) is 5.71 Å². The van der Waals surface area contributed by atoms with E-state index < -0.39 is 0 Å². The number of nitrogens with one attached hydrogen (secondary N) is 1. The maximum Gasteiger partial charge on any atom is 0.250 e. The number of aromatic nitrogens is 3. The molecule has 0 aliphatic carbocycles. The lowest BCUT2D eigenvalue weighted by atomic mass is 10.1. The van der Waals surface area contributed by atoms with E-state index in [0.29, 0.717) is 11.4 Å². The fourth-order valence-corrected chi connectivity index (χ4v) is 2.77. The Morgan fingerprint density at radius 1 is 1.28 bits per heavy atom. The summed E-state index contributed by atoms with van der Waals surface area (Å²) in [5, 5.41) is 15.2. The molecule has 0 saturated carbocycles. The number of hydrogen-bond donors (Lipinski definition) is 1. The Hall–Kier alpha value is -2.47. The summed E-state index contributed by atoms with van der Waals surface area (Å²) in [6, 6.07) is 7.83. The first-order chi connectivity index (χ1) is 12.0. The van der Waals surface area contributed by atoms with E-state index in [9.17, 15) is 4.79 Å². The first-order valence-electron chi connectivity index (χ1n) is 8.15. The molecule has 25 heavy (non-hydrogen) atoms. The van der Waals surface area contributed by atoms with Crippen LogP contribution in [0.25, 0.3) is 0 Å². The molecule has 1 aromatic heterocycles. The molecule has 7 heteroatoms. The van der Waals surface area contributed by atoms with Crippen LogP contribution in [0, 0.1) is 0 Å². The number of anilines is 1. The normalized spacial score (nSPS) is 15.6. The van der Waals surface area contributed by atoms with Gasteiger partial charge in [-0.15, -0.1) is 21.8 Å². The van der Waals surface area contributed by atoms with Crippen LogP contribution >= 0.6 is 11.6 Å². The smallest absolute Gasteiger partial charge is 0.250 e. The lowest BCUT2D eigenvalue weighted by molar-refractivity contribution is -0.112. The molecule has 1 N–H and O–H groups in total. The summed E-state index contributed by atoms with van der Waals surface area (Å²) >= 11 is 6.22. The zero-order valence-electron chi connectivity index (χ0n) is 14.3. The van der Waals surface area contributed by atoms with E-state index in [1.165, 1.54) is 5.56 Å². The Kier molecular flexibility index (Phi) is 4.99. The molecule has 3 rings (SSSR count). The predicted octanol–water partition coefficient (Wildman–Crippen LogP) is 3.49. The third kappa shape index (κ3) is 3.79. The number of nitrogens with zero attached hydrogens (tertiary/aromatic N) is 4. The van der Waals surface area contributed by atoms with Gasteiger partial charge in [0, 0.05) is 17.7 Å². The fraction of sp³-hybridized carbons (Fsp3) is 0.333. The second-order valence-electron chi connectivity index (χ2n) is 6.18. The van der Waals surface area contributed by atoms with Crippen LogP contribution in [0.3, 0.4) is 0 Å². The largest absolute Gasteiger partial charge is 0.322 e. The van der Waals surface area contributed by atoms with Crippen LogP contribution in [-0.4, -0.2) is 26.5 Å². The molecule has 1 unspecified atom stereocenters. The van der Waals surface area contributed by atoms with Crippen LogP contribution in [0.4, 0.5) is 5.69 Å². The monoisotopic (exact) mass is 357 g/mol. The second-order valence-corrected chi connectivity index (χ2v) is 6.61. The summed E-state index contributed by atoms with van der Waals surface area (Å²) in [6.45, 7) is 7.20. The molecule has 1 amide bonds. The number of hydrogen-bond acceptors (Lipinski definition) is 4. The van der Waals surface area contributed by atoms with E-state index in [-0.39, 0.29) is 11.3 Å². The number of carbonyl (C=O) groups excluding carboxylic acids is 1. The lowest BCUT2D eigenvalue weighted by Crippen LogP contribution is -2.11. The minimum absolute atomic E-state index is 0.165. The van der Waals surface area contributed by atoms with Gasteiger partial charge < -0.3 is 5.32 Å². The molecule has 0 bridgehead atoms. The van der Waals surface area contributed by atoms with E-state index in [1.54, 1.807) is 11.6 Å². The summed E-state index contributed by atoms with van der Waals surface area (Å²) in [5.74, 6) is 1.37. The highest BCUT2D eigenvalue weighted by Gasteiger charge is 2.27. The highest BCUT2D eigenvalue weighted by Crippen LogP contribution is 2.27. The average Bonchev–Trinajstić information content (AvgIpc) is 3.10. The molecular formula is C18H20ClN5O. The number of alkyl halides is 1. The average molecular weight is 358 g/mol. The van der Waals surface area contributed by atoms with Crippen molar-refractivity contribution >= 4 is 28.9 Å². The first-order valence-corrected chi connectivity index (χ1v) is 8.59. The number of amides is 1. The molecule has 0 fully saturated rings. The molecule has 0 spiro atoms. The van der Waals surface area contributed by atoms with Crippen LogP contribution in [0.2, 0.25) is 0 Å². The van der Waals surface area contributed by atoms with Gasteiger partial charge in [0.1, 0.15) is 5.38 Å². The third-order valence-corrected chi connectivity index (χ3v) is 4.56. The van der Waals surface area contributed by atoms with Crippen LogP contribution in [-0.2, 0) is 17.6 Å². The molecule has 2 aromatic rings. The van der Waals surface area contributed by atoms with Gasteiger partial charge in [-0.1, -0.05) is 18.7 Å². The van der Waals surface area contributed by atoms with Gasteiger partial charge in [-0.3, -0.25) is 4.79 Å². The summed E-state index contributed by atoms with van der Waals surface area (Å²) in [5.41, 5.74) is 3.30. The van der Waals surface area contributed by atoms with Gasteiger partial charge in [0.15, 0.2) is 11.6 Å². The third-order valence-electron chi connectivity index (χ3n) is 4.05. The van der Waals surface area contributed by atoms with Crippen molar-refractivity contribution in [1.29, 1.82) is 0 Å². The molecule has 1 aromatic carbocycles. The summed E-state index contributed by atoms with van der Waals surface area (Å²) in [6.07, 6.45) is 2.61. The fourth-order valence-electron chi connectivity index (χ4n) is 2.59. The Morgan fingerprint density at radius 2 is 2.00 bits per heavy atom. The maximum absolute atomic E-state index is 11.6. The number of rotatable bonds is 6. The maximum atomic E-state index is 11.6. The Morgan fingerprint density at radius 3 is 2.68 bits per heavy atom. The van der Waals surface area contributed by atoms with Gasteiger partial charge in [-0.25, -0.2) is 0 Å². The van der Waals surface area contributed by atoms with E-state index in [4.69, 9.17) is 11.6 Å². The summed E-state index contributed by atoms with van der Waals surface area (Å²) in [4.78, 5) is 11.6. The van der Waals surface area contributed by atoms with Crippen molar-refractivity contribution in [3.8, 4) is 0 Å². The molecule has 130 valence electrons. The number of carbonyl (C=O) groups is 1. The van der Waals surface area contributed by atoms with Gasteiger partial charge in [0.2, 0.25) is 0 Å². The van der Waals surface area contributed by atoms with E-state index in [2.05, 4.69) is 27.2 Å². The van der Waals surface area contributed by atoms with Crippen molar-refractivity contribution in [2.24, 2.45) is 5.10 Å². The molecule has 0 radical (unpaired) electrons. The molecule has 2 heterocycles. The Labute approximate surface area is 151 Å². The van der Waals surface area contributed by atoms with E-state index in [1.807, 2.05) is 31.2 Å². The predicted molar refractivity (Wildman–Crippen MR) is 99.0 cm³/mol. The van der Waals surface area contributed by atoms with Crippen LogP contribution in [0.15, 0.2) is 41.5 Å². The lowest BCUT2D eigenvalue weighted by Gasteiger charge is -2.06. The van der Waals surface area contributed by atoms with Crippen LogP contribution in [0.5, 0.6) is 0 Å². The zero-order valence-corrected chi connectivity index (χ0v) is 15.0.